The Hall–Kier alpha value is -2.75. The summed E-state index contributed by atoms with van der Waals surface area (Å²) in [5, 5.41) is 4.49. The summed E-state index contributed by atoms with van der Waals surface area (Å²) in [6, 6.07) is 10.3. The summed E-state index contributed by atoms with van der Waals surface area (Å²) in [6.45, 7) is 11.0. The van der Waals surface area contributed by atoms with Crippen LogP contribution in [0.2, 0.25) is 0 Å². The number of methoxy groups -OCH3 is 1. The first-order chi connectivity index (χ1) is 12.8. The van der Waals surface area contributed by atoms with Gasteiger partial charge in [-0.15, -0.1) is 0 Å². The van der Waals surface area contributed by atoms with Crippen LogP contribution in [0.5, 0.6) is 5.75 Å². The molecule has 0 aliphatic heterocycles. The van der Waals surface area contributed by atoms with Crippen LogP contribution in [0.1, 0.15) is 47.6 Å². The average molecular weight is 364 g/mol. The molecule has 1 aromatic heterocycles. The summed E-state index contributed by atoms with van der Waals surface area (Å²) in [5.74, 6) is 1.26. The summed E-state index contributed by atoms with van der Waals surface area (Å²) >= 11 is 0. The van der Waals surface area contributed by atoms with Crippen LogP contribution in [0.25, 0.3) is 10.9 Å². The number of fused-ring (bicyclic) bond motifs is 1. The van der Waals surface area contributed by atoms with E-state index in [4.69, 9.17) is 4.74 Å². The molecule has 2 N–H and O–H groups in total. The van der Waals surface area contributed by atoms with Crippen molar-refractivity contribution in [1.82, 2.24) is 4.98 Å². The zero-order chi connectivity index (χ0) is 19.7. The Bertz CT molecular complexity index is 1050. The van der Waals surface area contributed by atoms with Crippen LogP contribution in [0.3, 0.4) is 0 Å². The highest BCUT2D eigenvalue weighted by Gasteiger charge is 2.12. The van der Waals surface area contributed by atoms with E-state index in [9.17, 15) is 4.79 Å². The number of rotatable bonds is 5. The van der Waals surface area contributed by atoms with Gasteiger partial charge in [-0.25, -0.2) is 0 Å². The quantitative estimate of drug-likeness (QED) is 0.654. The number of benzene rings is 2. The largest absolute Gasteiger partial charge is 0.496 e. The summed E-state index contributed by atoms with van der Waals surface area (Å²) < 4.78 is 5.51. The maximum atomic E-state index is 12.5. The molecule has 3 rings (SSSR count). The van der Waals surface area contributed by atoms with Gasteiger partial charge in [0.15, 0.2) is 0 Å². The van der Waals surface area contributed by atoms with Gasteiger partial charge in [0.1, 0.15) is 5.75 Å². The molecule has 142 valence electrons. The van der Waals surface area contributed by atoms with Crippen LogP contribution < -0.4 is 15.6 Å². The summed E-state index contributed by atoms with van der Waals surface area (Å²) in [5.41, 5.74) is 7.25. The van der Waals surface area contributed by atoms with Gasteiger partial charge >= 0.3 is 0 Å². The number of aromatic amines is 1. The first-order valence-corrected chi connectivity index (χ1v) is 9.35. The smallest absolute Gasteiger partial charge is 0.253 e. The molecule has 0 aliphatic carbocycles. The van der Waals surface area contributed by atoms with Crippen molar-refractivity contribution in [2.24, 2.45) is 0 Å². The fraction of sp³-hybridized carbons (Fsp3) is 0.348. The van der Waals surface area contributed by atoms with E-state index in [1.807, 2.05) is 19.1 Å². The van der Waals surface area contributed by atoms with Crippen molar-refractivity contribution in [3.05, 3.63) is 68.5 Å². The van der Waals surface area contributed by atoms with Gasteiger partial charge in [0.2, 0.25) is 0 Å². The molecule has 0 radical (unpaired) electrons. The van der Waals surface area contributed by atoms with Gasteiger partial charge in [-0.3, -0.25) is 4.79 Å². The third-order valence-corrected chi connectivity index (χ3v) is 5.20. The molecule has 0 fully saturated rings. The molecule has 27 heavy (non-hydrogen) atoms. The molecular weight excluding hydrogens is 336 g/mol. The lowest BCUT2D eigenvalue weighted by molar-refractivity contribution is 0.407. The van der Waals surface area contributed by atoms with Crippen LogP contribution in [0, 0.1) is 20.8 Å². The monoisotopic (exact) mass is 364 g/mol. The first-order valence-electron chi connectivity index (χ1n) is 9.35. The number of aryl methyl sites for hydroxylation is 3. The lowest BCUT2D eigenvalue weighted by atomic mass is 9.99. The highest BCUT2D eigenvalue weighted by atomic mass is 16.5. The predicted octanol–water partition coefficient (Wildman–Crippen LogP) is 5.20. The highest BCUT2D eigenvalue weighted by Crippen LogP contribution is 2.32. The van der Waals surface area contributed by atoms with E-state index in [1.54, 1.807) is 7.11 Å². The number of ether oxygens (including phenoxy) is 1. The summed E-state index contributed by atoms with van der Waals surface area (Å²) in [7, 11) is 1.70. The topological polar surface area (TPSA) is 54.1 Å². The molecule has 0 atom stereocenters. The van der Waals surface area contributed by atoms with Crippen LogP contribution in [-0.2, 0) is 6.54 Å². The maximum absolute atomic E-state index is 12.5. The van der Waals surface area contributed by atoms with E-state index in [-0.39, 0.29) is 5.56 Å². The van der Waals surface area contributed by atoms with E-state index < -0.39 is 0 Å². The van der Waals surface area contributed by atoms with E-state index in [0.29, 0.717) is 12.5 Å². The maximum Gasteiger partial charge on any atom is 0.253 e. The van der Waals surface area contributed by atoms with Crippen molar-refractivity contribution in [2.45, 2.75) is 47.1 Å². The molecule has 0 saturated heterocycles. The van der Waals surface area contributed by atoms with Gasteiger partial charge in [-0.2, -0.15) is 0 Å². The van der Waals surface area contributed by atoms with Gasteiger partial charge < -0.3 is 15.0 Å². The number of nitrogens with one attached hydrogen (secondary N) is 2. The molecule has 1 heterocycles. The number of pyridine rings is 1. The predicted molar refractivity (Wildman–Crippen MR) is 113 cm³/mol. The Labute approximate surface area is 160 Å². The molecule has 0 amide bonds. The third kappa shape index (κ3) is 3.85. The molecule has 0 saturated carbocycles. The standard InChI is InChI=1S/C23H28N2O2/c1-13(2)19-11-20(16(5)9-22(19)27-6)24-12-18-10-17-7-14(3)15(4)8-21(17)25-23(18)26/h7-11,13,24H,12H2,1-6H3,(H,25,26). The lowest BCUT2D eigenvalue weighted by Gasteiger charge is -2.17. The second kappa shape index (κ2) is 7.47. The third-order valence-electron chi connectivity index (χ3n) is 5.20. The van der Waals surface area contributed by atoms with Crippen molar-refractivity contribution < 1.29 is 4.74 Å². The minimum absolute atomic E-state index is 0.0477. The molecule has 4 nitrogen and oxygen atoms in total. The molecule has 3 aromatic rings. The molecule has 0 bridgehead atoms. The van der Waals surface area contributed by atoms with Crippen LogP contribution in [0.15, 0.2) is 35.1 Å². The molecule has 2 aromatic carbocycles. The second-order valence-electron chi connectivity index (χ2n) is 7.56. The minimum atomic E-state index is -0.0477. The van der Waals surface area contributed by atoms with Gasteiger partial charge in [-0.1, -0.05) is 13.8 Å². The summed E-state index contributed by atoms with van der Waals surface area (Å²) in [4.78, 5) is 15.5. The Kier molecular flexibility index (Phi) is 5.26. The zero-order valence-corrected chi connectivity index (χ0v) is 17.0. The molecule has 0 spiro atoms. The van der Waals surface area contributed by atoms with Gasteiger partial charge in [0.05, 0.1) is 7.11 Å². The second-order valence-corrected chi connectivity index (χ2v) is 7.56. The van der Waals surface area contributed by atoms with Crippen LogP contribution in [-0.4, -0.2) is 12.1 Å². The van der Waals surface area contributed by atoms with E-state index in [0.717, 1.165) is 39.0 Å². The number of anilines is 1. The van der Waals surface area contributed by atoms with Crippen molar-refractivity contribution in [2.75, 3.05) is 12.4 Å². The van der Waals surface area contributed by atoms with Crippen molar-refractivity contribution in [3.8, 4) is 5.75 Å². The van der Waals surface area contributed by atoms with Crippen molar-refractivity contribution >= 4 is 16.6 Å². The fourth-order valence-corrected chi connectivity index (χ4v) is 3.36. The number of hydrogen-bond donors (Lipinski definition) is 2. The molecule has 4 heteroatoms. The number of hydrogen-bond acceptors (Lipinski definition) is 3. The Balaban J connectivity index is 1.93. The molecule has 0 aliphatic rings. The minimum Gasteiger partial charge on any atom is -0.496 e. The van der Waals surface area contributed by atoms with Crippen LogP contribution in [0.4, 0.5) is 5.69 Å². The molecule has 0 unspecified atom stereocenters. The van der Waals surface area contributed by atoms with Crippen molar-refractivity contribution in [1.29, 1.82) is 0 Å². The lowest BCUT2D eigenvalue weighted by Crippen LogP contribution is -2.16. The Morgan fingerprint density at radius 2 is 1.70 bits per heavy atom. The first kappa shape index (κ1) is 19.0. The normalized spacial score (nSPS) is 11.2. The zero-order valence-electron chi connectivity index (χ0n) is 17.0. The molecular formula is C23H28N2O2. The van der Waals surface area contributed by atoms with Crippen molar-refractivity contribution in [3.63, 3.8) is 0 Å². The number of H-pyrrole nitrogens is 1. The van der Waals surface area contributed by atoms with Crippen LogP contribution >= 0.6 is 0 Å². The SMILES string of the molecule is COc1cc(C)c(NCc2cc3cc(C)c(C)cc3[nH]c2=O)cc1C(C)C. The number of aromatic nitrogens is 1. The highest BCUT2D eigenvalue weighted by molar-refractivity contribution is 5.80. The average Bonchev–Trinajstić information content (AvgIpc) is 2.61. The van der Waals surface area contributed by atoms with Gasteiger partial charge in [0, 0.05) is 23.3 Å². The Morgan fingerprint density at radius 1 is 1.00 bits per heavy atom. The van der Waals surface area contributed by atoms with E-state index >= 15 is 0 Å². The van der Waals surface area contributed by atoms with Gasteiger partial charge in [0.25, 0.3) is 5.56 Å². The Morgan fingerprint density at radius 3 is 2.37 bits per heavy atom. The fourth-order valence-electron chi connectivity index (χ4n) is 3.36. The van der Waals surface area contributed by atoms with Gasteiger partial charge in [-0.05, 0) is 84.7 Å². The van der Waals surface area contributed by atoms with E-state index in [2.05, 4.69) is 56.2 Å². The summed E-state index contributed by atoms with van der Waals surface area (Å²) in [6.07, 6.45) is 0. The van der Waals surface area contributed by atoms with E-state index in [1.165, 1.54) is 11.1 Å².